The molecule has 0 unspecified atom stereocenters. The molecule has 0 fully saturated rings. The van der Waals surface area contributed by atoms with Gasteiger partial charge in [0.25, 0.3) is 0 Å². The van der Waals surface area contributed by atoms with Gasteiger partial charge >= 0.3 is 26.2 Å². The van der Waals surface area contributed by atoms with E-state index < -0.39 is 0 Å². The van der Waals surface area contributed by atoms with Crippen LogP contribution in [0.15, 0.2) is 60.7 Å². The fourth-order valence-electron chi connectivity index (χ4n) is 3.81. The van der Waals surface area contributed by atoms with Crippen LogP contribution in [0.2, 0.25) is 10.0 Å². The Morgan fingerprint density at radius 1 is 0.818 bits per heavy atom. The summed E-state index contributed by atoms with van der Waals surface area (Å²) in [5.74, 6) is 0. The van der Waals surface area contributed by atoms with Crippen molar-refractivity contribution in [1.82, 2.24) is 0 Å². The number of hydrogen-bond acceptors (Lipinski definition) is 0. The van der Waals surface area contributed by atoms with Crippen molar-refractivity contribution < 1.29 is 26.2 Å². The quantitative estimate of drug-likeness (QED) is 0.156. The number of rotatable bonds is 7. The number of unbranched alkanes of at least 4 members (excludes halogenated alkanes) is 7. The molecule has 0 saturated heterocycles. The van der Waals surface area contributed by atoms with Gasteiger partial charge in [0.2, 0.25) is 0 Å². The molecular weight excluding hydrogens is 522 g/mol. The molecule has 0 aliphatic heterocycles. The molecule has 175 valence electrons. The van der Waals surface area contributed by atoms with Gasteiger partial charge in [0.1, 0.15) is 0 Å². The minimum atomic E-state index is 0. The van der Waals surface area contributed by atoms with Gasteiger partial charge in [0.15, 0.2) is 0 Å². The third kappa shape index (κ3) is 9.72. The average Bonchev–Trinajstić information content (AvgIpc) is 3.39. The van der Waals surface area contributed by atoms with E-state index in [9.17, 15) is 0 Å². The van der Waals surface area contributed by atoms with E-state index in [1.54, 1.807) is 0 Å². The van der Waals surface area contributed by atoms with Crippen LogP contribution in [0.1, 0.15) is 69.4 Å². The van der Waals surface area contributed by atoms with Crippen molar-refractivity contribution in [1.29, 1.82) is 0 Å². The average molecular weight is 560 g/mol. The molecule has 3 heteroatoms. The van der Waals surface area contributed by atoms with E-state index in [4.69, 9.17) is 23.2 Å². The van der Waals surface area contributed by atoms with E-state index >= 15 is 0 Å². The second-order valence-corrected chi connectivity index (χ2v) is 9.19. The van der Waals surface area contributed by atoms with Crippen LogP contribution in [-0.4, -0.2) is 0 Å². The van der Waals surface area contributed by atoms with Crippen LogP contribution < -0.4 is 0 Å². The van der Waals surface area contributed by atoms with E-state index in [1.165, 1.54) is 72.2 Å². The molecule has 33 heavy (non-hydrogen) atoms. The van der Waals surface area contributed by atoms with Gasteiger partial charge in [0.05, 0.1) is 0 Å². The molecule has 4 aromatic carbocycles. The van der Waals surface area contributed by atoms with Crippen molar-refractivity contribution in [3.8, 4) is 0 Å². The predicted octanol–water partition coefficient (Wildman–Crippen LogP) is 11.0. The molecule has 4 aromatic rings. The molecule has 0 nitrogen and oxygen atoms in total. The molecule has 0 aromatic heterocycles. The van der Waals surface area contributed by atoms with E-state index in [2.05, 4.69) is 76.2 Å². The predicted molar refractivity (Wildman–Crippen MR) is 147 cm³/mol. The summed E-state index contributed by atoms with van der Waals surface area (Å²) in [6.45, 7) is 10.2. The molecule has 0 heterocycles. The summed E-state index contributed by atoms with van der Waals surface area (Å²) in [7, 11) is 0. The van der Waals surface area contributed by atoms with Crippen molar-refractivity contribution in [2.75, 3.05) is 0 Å². The maximum atomic E-state index is 6.11. The van der Waals surface area contributed by atoms with Crippen LogP contribution >= 0.6 is 23.2 Å². The molecule has 0 aliphatic carbocycles. The first kappa shape index (κ1) is 30.2. The van der Waals surface area contributed by atoms with Crippen LogP contribution in [0.5, 0.6) is 0 Å². The van der Waals surface area contributed by atoms with Gasteiger partial charge in [-0.15, -0.1) is 58.1 Å². The maximum absolute atomic E-state index is 6.11. The standard InChI is InChI=1S/C11H9Cl2.C10H21.C9H7.Zr/c1-6-5-8-3-4-9(12)11(13)10(8)7(6)2;1-3-5-7-9-10-8-6-4-2;1-2-5-9-7-3-6-8(9)4-1;/h3-5H,1-2H3;1,3-10H2,2H3;1-7H;/q3*-1;+3. The van der Waals surface area contributed by atoms with Crippen LogP contribution in [0.4, 0.5) is 0 Å². The van der Waals surface area contributed by atoms with Crippen molar-refractivity contribution in [3.05, 3.63) is 88.8 Å². The topological polar surface area (TPSA) is 0 Å². The maximum Gasteiger partial charge on any atom is 3.00 e. The second-order valence-electron chi connectivity index (χ2n) is 8.41. The van der Waals surface area contributed by atoms with Gasteiger partial charge in [-0.25, -0.2) is 0 Å². The molecule has 0 N–H and O–H groups in total. The molecule has 0 saturated carbocycles. The van der Waals surface area contributed by atoms with E-state index in [0.717, 1.165) is 11.8 Å². The normalized spacial score (nSPS) is 10.2. The third-order valence-corrected chi connectivity index (χ3v) is 6.67. The molecule has 0 bridgehead atoms. The number of hydrogen-bond donors (Lipinski definition) is 0. The van der Waals surface area contributed by atoms with E-state index in [0.29, 0.717) is 10.0 Å². The zero-order valence-corrected chi connectivity index (χ0v) is 24.4. The second kappa shape index (κ2) is 16.7. The van der Waals surface area contributed by atoms with Crippen LogP contribution in [0.25, 0.3) is 21.5 Å². The summed E-state index contributed by atoms with van der Waals surface area (Å²) < 4.78 is 0. The van der Waals surface area contributed by atoms with Crippen molar-refractivity contribution in [3.63, 3.8) is 0 Å². The summed E-state index contributed by atoms with van der Waals surface area (Å²) >= 11 is 12.0. The van der Waals surface area contributed by atoms with Gasteiger partial charge in [0, 0.05) is 10.0 Å². The zero-order valence-electron chi connectivity index (χ0n) is 20.4. The summed E-state index contributed by atoms with van der Waals surface area (Å²) in [4.78, 5) is 0. The van der Waals surface area contributed by atoms with Gasteiger partial charge in [-0.3, -0.25) is 0 Å². The Balaban J connectivity index is 0.000000249. The van der Waals surface area contributed by atoms with Crippen LogP contribution in [0.3, 0.4) is 0 Å². The van der Waals surface area contributed by atoms with Crippen LogP contribution in [-0.2, 0) is 26.2 Å². The molecule has 0 spiro atoms. The SMILES string of the molecule is Cc1[cH-]c2ccc(Cl)c(Cl)c2c1C.[CH2-]CCCCCCCCC.[Zr+3].c1ccc2[cH-]ccc2c1. The number of fused-ring (bicyclic) bond motifs is 2. The van der Waals surface area contributed by atoms with Crippen molar-refractivity contribution in [2.24, 2.45) is 0 Å². The Labute approximate surface area is 230 Å². The number of halogens is 2. The molecule has 1 radical (unpaired) electrons. The zero-order chi connectivity index (χ0) is 23.3. The van der Waals surface area contributed by atoms with E-state index in [-0.39, 0.29) is 26.2 Å². The van der Waals surface area contributed by atoms with Crippen molar-refractivity contribution >= 4 is 44.7 Å². The third-order valence-electron chi connectivity index (χ3n) is 5.87. The van der Waals surface area contributed by atoms with Crippen LogP contribution in [0, 0.1) is 20.8 Å². The van der Waals surface area contributed by atoms with E-state index in [1.807, 2.05) is 12.1 Å². The first-order chi connectivity index (χ1) is 15.5. The first-order valence-corrected chi connectivity index (χ1v) is 12.7. The molecule has 4 rings (SSSR count). The first-order valence-electron chi connectivity index (χ1n) is 11.9. The van der Waals surface area contributed by atoms with Gasteiger partial charge < -0.3 is 6.92 Å². The monoisotopic (exact) mass is 557 g/mol. The van der Waals surface area contributed by atoms with Gasteiger partial charge in [-0.2, -0.15) is 29.5 Å². The molecule has 0 amide bonds. The van der Waals surface area contributed by atoms with Crippen molar-refractivity contribution in [2.45, 2.75) is 72.1 Å². The van der Waals surface area contributed by atoms with Gasteiger partial charge in [-0.1, -0.05) is 101 Å². The summed E-state index contributed by atoms with van der Waals surface area (Å²) in [5.41, 5.74) is 2.49. The minimum Gasteiger partial charge on any atom is -0.343 e. The smallest absolute Gasteiger partial charge is 0.343 e. The van der Waals surface area contributed by atoms with Gasteiger partial charge in [-0.05, 0) is 0 Å². The fourth-order valence-corrected chi connectivity index (χ4v) is 4.28. The Morgan fingerprint density at radius 2 is 1.48 bits per heavy atom. The Kier molecular flexibility index (Phi) is 15.3. The molecular formula is C30H37Cl2Zr. The molecule has 0 atom stereocenters. The number of aryl methyl sites for hydroxylation is 2. The Hall–Kier alpha value is -0.877. The number of benzene rings is 2. The summed E-state index contributed by atoms with van der Waals surface area (Å²) in [5, 5.41) is 6.22. The Morgan fingerprint density at radius 3 is 2.15 bits per heavy atom. The Bertz CT molecular complexity index is 1020. The minimum absolute atomic E-state index is 0. The molecule has 0 aliphatic rings. The largest absolute Gasteiger partial charge is 3.00 e. The summed E-state index contributed by atoms with van der Waals surface area (Å²) in [6.07, 6.45) is 10.9. The summed E-state index contributed by atoms with van der Waals surface area (Å²) in [6, 6.07) is 20.6. The fraction of sp³-hybridized carbons (Fsp3) is 0.367.